The number of thiophene rings is 1. The first kappa shape index (κ1) is 19.3. The predicted molar refractivity (Wildman–Crippen MR) is 93.8 cm³/mol. The van der Waals surface area contributed by atoms with Crippen LogP contribution < -0.4 is 10.1 Å². The van der Waals surface area contributed by atoms with E-state index in [1.807, 2.05) is 5.32 Å². The fourth-order valence-corrected chi connectivity index (χ4v) is 3.66. The zero-order chi connectivity index (χ0) is 18.7. The Labute approximate surface area is 156 Å². The van der Waals surface area contributed by atoms with Crippen LogP contribution in [0.2, 0.25) is 10.0 Å². The number of alkyl carbamates (subject to hydrolysis) is 1. The van der Waals surface area contributed by atoms with Crippen LogP contribution in [0.15, 0.2) is 12.1 Å². The van der Waals surface area contributed by atoms with E-state index in [0.29, 0.717) is 20.9 Å². The van der Waals surface area contributed by atoms with Gasteiger partial charge in [-0.25, -0.2) is 9.59 Å². The number of esters is 1. The molecule has 2 aromatic rings. The van der Waals surface area contributed by atoms with Crippen molar-refractivity contribution in [1.82, 2.24) is 5.32 Å². The van der Waals surface area contributed by atoms with Gasteiger partial charge in [0.2, 0.25) is 0 Å². The number of hydrogen-bond acceptors (Lipinski definition) is 7. The average Bonchev–Trinajstić information content (AvgIpc) is 2.93. The molecular weight excluding hydrogens is 393 g/mol. The molecule has 1 N–H and O–H groups in total. The maximum absolute atomic E-state index is 12.3. The van der Waals surface area contributed by atoms with Crippen LogP contribution in [0.25, 0.3) is 10.1 Å². The van der Waals surface area contributed by atoms with Gasteiger partial charge in [0.1, 0.15) is 15.6 Å². The molecular formula is C15H13Cl2NO6S. The molecule has 0 saturated carbocycles. The Bertz CT molecular complexity index is 850. The van der Waals surface area contributed by atoms with Crippen molar-refractivity contribution in [3.63, 3.8) is 0 Å². The number of carbonyl (C=O) groups excluding carboxylic acids is 3. The number of hydrogen-bond donors (Lipinski definition) is 1. The van der Waals surface area contributed by atoms with E-state index in [9.17, 15) is 14.4 Å². The number of amides is 2. The Balaban J connectivity index is 2.25. The highest BCUT2D eigenvalue weighted by molar-refractivity contribution is 7.22. The quantitative estimate of drug-likeness (QED) is 0.780. The molecule has 1 aromatic carbocycles. The Hall–Kier alpha value is -2.03. The SMILES string of the molecule is COC(=O)NC(=O)[C@H](C)OC(=O)c1sc2c(Cl)c(OC)ccc2c1Cl. The second-order valence-electron chi connectivity index (χ2n) is 4.73. The number of benzene rings is 1. The summed E-state index contributed by atoms with van der Waals surface area (Å²) in [5, 5.41) is 2.96. The zero-order valence-corrected chi connectivity index (χ0v) is 15.7. The molecule has 0 aliphatic heterocycles. The van der Waals surface area contributed by atoms with Gasteiger partial charge in [-0.05, 0) is 19.1 Å². The lowest BCUT2D eigenvalue weighted by Crippen LogP contribution is -2.39. The Morgan fingerprint density at radius 2 is 1.84 bits per heavy atom. The molecule has 0 saturated heterocycles. The van der Waals surface area contributed by atoms with Crippen molar-refractivity contribution in [2.75, 3.05) is 14.2 Å². The molecule has 0 radical (unpaired) electrons. The first-order valence-electron chi connectivity index (χ1n) is 6.84. The number of fused-ring (bicyclic) bond motifs is 1. The second-order valence-corrected chi connectivity index (χ2v) is 6.51. The van der Waals surface area contributed by atoms with E-state index in [1.165, 1.54) is 14.0 Å². The van der Waals surface area contributed by atoms with E-state index in [1.54, 1.807) is 12.1 Å². The highest BCUT2D eigenvalue weighted by Crippen LogP contribution is 2.43. The lowest BCUT2D eigenvalue weighted by atomic mass is 10.2. The van der Waals surface area contributed by atoms with E-state index < -0.39 is 24.1 Å². The van der Waals surface area contributed by atoms with E-state index in [0.717, 1.165) is 18.4 Å². The minimum atomic E-state index is -1.22. The molecule has 0 spiro atoms. The highest BCUT2D eigenvalue weighted by atomic mass is 35.5. The average molecular weight is 406 g/mol. The standard InChI is InChI=1S/C15H13Cl2NO6S/c1-6(13(19)18-15(21)23-3)24-14(20)12-9(16)7-4-5-8(22-2)10(17)11(7)25-12/h4-6H,1-3H3,(H,18,19,21)/t6-/m0/s1. The van der Waals surface area contributed by atoms with Crippen molar-refractivity contribution in [3.8, 4) is 5.75 Å². The van der Waals surface area contributed by atoms with Gasteiger partial charge >= 0.3 is 12.1 Å². The summed E-state index contributed by atoms with van der Waals surface area (Å²) in [5.41, 5.74) is 0. The molecule has 0 bridgehead atoms. The van der Waals surface area contributed by atoms with E-state index in [-0.39, 0.29) is 9.90 Å². The number of methoxy groups -OCH3 is 2. The van der Waals surface area contributed by atoms with Crippen LogP contribution in [0.1, 0.15) is 16.6 Å². The molecule has 2 amide bonds. The fraction of sp³-hybridized carbons (Fsp3) is 0.267. The van der Waals surface area contributed by atoms with Gasteiger partial charge in [0.05, 0.1) is 23.9 Å². The van der Waals surface area contributed by atoms with Gasteiger partial charge in [0, 0.05) is 5.39 Å². The first-order chi connectivity index (χ1) is 11.8. The van der Waals surface area contributed by atoms with Gasteiger partial charge in [-0.3, -0.25) is 10.1 Å². The lowest BCUT2D eigenvalue weighted by molar-refractivity contribution is -0.128. The van der Waals surface area contributed by atoms with Crippen molar-refractivity contribution in [2.24, 2.45) is 0 Å². The minimum absolute atomic E-state index is 0.0875. The number of carbonyl (C=O) groups is 3. The molecule has 7 nitrogen and oxygen atoms in total. The fourth-order valence-electron chi connectivity index (χ4n) is 1.89. The van der Waals surface area contributed by atoms with Crippen molar-refractivity contribution in [2.45, 2.75) is 13.0 Å². The molecule has 2 rings (SSSR count). The van der Waals surface area contributed by atoms with Crippen LogP contribution in [-0.2, 0) is 14.3 Å². The molecule has 134 valence electrons. The Morgan fingerprint density at radius 3 is 2.44 bits per heavy atom. The lowest BCUT2D eigenvalue weighted by Gasteiger charge is -2.11. The molecule has 1 aromatic heterocycles. The van der Waals surface area contributed by atoms with Crippen LogP contribution in [-0.4, -0.2) is 38.3 Å². The normalized spacial score (nSPS) is 11.7. The van der Waals surface area contributed by atoms with Crippen LogP contribution >= 0.6 is 34.5 Å². The summed E-state index contributed by atoms with van der Waals surface area (Å²) < 4.78 is 15.0. The predicted octanol–water partition coefficient (Wildman–Crippen LogP) is 3.64. The van der Waals surface area contributed by atoms with Gasteiger partial charge in [-0.1, -0.05) is 23.2 Å². The van der Waals surface area contributed by atoms with Crippen LogP contribution in [0, 0.1) is 0 Å². The Kier molecular flexibility index (Phi) is 6.10. The molecule has 25 heavy (non-hydrogen) atoms. The van der Waals surface area contributed by atoms with Gasteiger partial charge in [0.25, 0.3) is 5.91 Å². The third-order valence-electron chi connectivity index (χ3n) is 3.17. The van der Waals surface area contributed by atoms with Gasteiger partial charge < -0.3 is 14.2 Å². The number of ether oxygens (including phenoxy) is 3. The van der Waals surface area contributed by atoms with Crippen LogP contribution in [0.3, 0.4) is 0 Å². The van der Waals surface area contributed by atoms with Crippen molar-refractivity contribution < 1.29 is 28.6 Å². The molecule has 10 heteroatoms. The van der Waals surface area contributed by atoms with Gasteiger partial charge in [-0.2, -0.15) is 0 Å². The van der Waals surface area contributed by atoms with E-state index >= 15 is 0 Å². The summed E-state index contributed by atoms with van der Waals surface area (Å²) in [5.74, 6) is -1.19. The Morgan fingerprint density at radius 1 is 1.16 bits per heavy atom. The van der Waals surface area contributed by atoms with Crippen LogP contribution in [0.4, 0.5) is 4.79 Å². The summed E-state index contributed by atoms with van der Waals surface area (Å²) in [6.45, 7) is 1.31. The summed E-state index contributed by atoms with van der Waals surface area (Å²) in [6.07, 6.45) is -2.18. The largest absolute Gasteiger partial charge is 0.495 e. The van der Waals surface area contributed by atoms with Crippen molar-refractivity contribution in [1.29, 1.82) is 0 Å². The van der Waals surface area contributed by atoms with Crippen molar-refractivity contribution in [3.05, 3.63) is 27.1 Å². The molecule has 1 atom stereocenters. The molecule has 0 unspecified atom stereocenters. The molecule has 0 aliphatic carbocycles. The van der Waals surface area contributed by atoms with E-state index in [2.05, 4.69) is 4.74 Å². The summed E-state index contributed by atoms with van der Waals surface area (Å²) in [6, 6.07) is 3.30. The van der Waals surface area contributed by atoms with E-state index in [4.69, 9.17) is 32.7 Å². The minimum Gasteiger partial charge on any atom is -0.495 e. The van der Waals surface area contributed by atoms with Gasteiger partial charge in [-0.15, -0.1) is 11.3 Å². The first-order valence-corrected chi connectivity index (χ1v) is 8.41. The third-order valence-corrected chi connectivity index (χ3v) is 5.37. The molecule has 0 aliphatic rings. The second kappa shape index (κ2) is 7.90. The summed E-state index contributed by atoms with van der Waals surface area (Å²) >= 11 is 13.5. The van der Waals surface area contributed by atoms with Crippen LogP contribution in [0.5, 0.6) is 5.75 Å². The topological polar surface area (TPSA) is 90.9 Å². The van der Waals surface area contributed by atoms with Crippen molar-refractivity contribution >= 4 is 62.6 Å². The number of rotatable bonds is 4. The third kappa shape index (κ3) is 3.97. The zero-order valence-electron chi connectivity index (χ0n) is 13.3. The number of imide groups is 1. The smallest absolute Gasteiger partial charge is 0.413 e. The molecule has 0 fully saturated rings. The highest BCUT2D eigenvalue weighted by Gasteiger charge is 2.25. The summed E-state index contributed by atoms with van der Waals surface area (Å²) in [7, 11) is 2.58. The summed E-state index contributed by atoms with van der Waals surface area (Å²) in [4.78, 5) is 35.1. The van der Waals surface area contributed by atoms with Gasteiger partial charge in [0.15, 0.2) is 6.10 Å². The molecule has 1 heterocycles. The number of halogens is 2. The monoisotopic (exact) mass is 405 g/mol. The maximum atomic E-state index is 12.3. The number of nitrogens with one attached hydrogen (secondary N) is 1. The maximum Gasteiger partial charge on any atom is 0.413 e.